The van der Waals surface area contributed by atoms with Gasteiger partial charge in [0.25, 0.3) is 0 Å². The summed E-state index contributed by atoms with van der Waals surface area (Å²) in [5.74, 6) is -0.746. The van der Waals surface area contributed by atoms with Crippen LogP contribution >= 0.6 is 11.3 Å². The van der Waals surface area contributed by atoms with E-state index in [0.717, 1.165) is 4.88 Å². The Balaban J connectivity index is 1.93. The van der Waals surface area contributed by atoms with Crippen LogP contribution in [0.25, 0.3) is 0 Å². The second-order valence-corrected chi connectivity index (χ2v) is 5.77. The van der Waals surface area contributed by atoms with Gasteiger partial charge in [-0.25, -0.2) is 4.79 Å². The molecule has 118 valence electrons. The van der Waals surface area contributed by atoms with Gasteiger partial charge in [0.15, 0.2) is 12.3 Å². The number of hydrogen-bond acceptors (Lipinski definition) is 6. The first-order valence-corrected chi connectivity index (χ1v) is 7.82. The number of ether oxygens (including phenoxy) is 1. The van der Waals surface area contributed by atoms with Crippen LogP contribution in [0.1, 0.15) is 29.1 Å². The highest BCUT2D eigenvalue weighted by atomic mass is 32.1. The van der Waals surface area contributed by atoms with Crippen LogP contribution in [0.5, 0.6) is 0 Å². The summed E-state index contributed by atoms with van der Waals surface area (Å²) in [7, 11) is 1.63. The molecular weight excluding hydrogens is 302 g/mol. The fraction of sp³-hybridized carbons (Fsp3) is 0.312. The predicted octanol–water partition coefficient (Wildman–Crippen LogP) is 1.99. The summed E-state index contributed by atoms with van der Waals surface area (Å²) in [4.78, 5) is 12.8. The molecule has 0 bridgehead atoms. The molecule has 0 saturated heterocycles. The number of rotatable bonds is 7. The normalized spacial score (nSPS) is 15.0. The number of carbonyl (C=O) groups is 1. The number of hydrogen-bond donors (Lipinski definition) is 3. The van der Waals surface area contributed by atoms with Crippen molar-refractivity contribution in [1.29, 1.82) is 0 Å². The molecule has 0 aliphatic heterocycles. The molecular formula is C16H19NO4S. The van der Waals surface area contributed by atoms with Gasteiger partial charge in [-0.05, 0) is 24.1 Å². The summed E-state index contributed by atoms with van der Waals surface area (Å²) in [6, 6.07) is 12.3. The first-order valence-electron chi connectivity index (χ1n) is 6.94. The van der Waals surface area contributed by atoms with Crippen LogP contribution in [0.3, 0.4) is 0 Å². The smallest absolute Gasteiger partial charge is 0.341 e. The van der Waals surface area contributed by atoms with Crippen LogP contribution in [0.15, 0.2) is 47.8 Å². The Kier molecular flexibility index (Phi) is 6.09. The number of benzene rings is 1. The van der Waals surface area contributed by atoms with E-state index in [1.807, 2.05) is 17.5 Å². The highest BCUT2D eigenvalue weighted by Gasteiger charge is 2.24. The first-order chi connectivity index (χ1) is 10.6. The molecule has 1 aromatic heterocycles. The number of aliphatic hydroxyl groups is 2. The van der Waals surface area contributed by atoms with Gasteiger partial charge in [-0.15, -0.1) is 11.3 Å². The summed E-state index contributed by atoms with van der Waals surface area (Å²) in [5, 5.41) is 24.8. The molecule has 3 N–H and O–H groups in total. The van der Waals surface area contributed by atoms with Gasteiger partial charge in [0.2, 0.25) is 0 Å². The lowest BCUT2D eigenvalue weighted by Crippen LogP contribution is -2.34. The minimum atomic E-state index is -1.34. The average molecular weight is 321 g/mol. The van der Waals surface area contributed by atoms with Crippen LogP contribution in [-0.4, -0.2) is 29.5 Å². The molecule has 0 fully saturated rings. The lowest BCUT2D eigenvalue weighted by atomic mass is 10.1. The second-order valence-electron chi connectivity index (χ2n) is 4.79. The molecule has 3 atom stereocenters. The summed E-state index contributed by atoms with van der Waals surface area (Å²) < 4.78 is 5.23. The molecule has 1 aromatic carbocycles. The van der Waals surface area contributed by atoms with Crippen LogP contribution in [0.4, 0.5) is 0 Å². The summed E-state index contributed by atoms with van der Waals surface area (Å²) in [6.45, 7) is 0. The number of carbonyl (C=O) groups excluding carboxylic acids is 1. The van der Waals surface area contributed by atoms with Crippen LogP contribution in [0.2, 0.25) is 0 Å². The van der Waals surface area contributed by atoms with Crippen molar-refractivity contribution in [2.75, 3.05) is 7.05 Å². The molecule has 0 saturated carbocycles. The minimum Gasteiger partial charge on any atom is -0.444 e. The van der Waals surface area contributed by atoms with E-state index >= 15 is 0 Å². The topological polar surface area (TPSA) is 78.8 Å². The van der Waals surface area contributed by atoms with Gasteiger partial charge < -0.3 is 14.9 Å². The fourth-order valence-corrected chi connectivity index (χ4v) is 2.73. The van der Waals surface area contributed by atoms with Gasteiger partial charge in [0.1, 0.15) is 0 Å². The van der Waals surface area contributed by atoms with Crippen LogP contribution in [-0.2, 0) is 9.53 Å². The third-order valence-electron chi connectivity index (χ3n) is 3.23. The summed E-state index contributed by atoms with van der Waals surface area (Å²) in [6.07, 6.45) is -2.53. The average Bonchev–Trinajstić information content (AvgIpc) is 3.08. The lowest BCUT2D eigenvalue weighted by Gasteiger charge is -2.21. The number of aliphatic hydroxyl groups excluding tert-OH is 2. The van der Waals surface area contributed by atoms with E-state index < -0.39 is 24.4 Å². The van der Waals surface area contributed by atoms with Crippen molar-refractivity contribution in [3.63, 3.8) is 0 Å². The quantitative estimate of drug-likeness (QED) is 0.537. The van der Waals surface area contributed by atoms with Gasteiger partial charge in [0.05, 0.1) is 6.10 Å². The van der Waals surface area contributed by atoms with E-state index in [2.05, 4.69) is 5.32 Å². The third-order valence-corrected chi connectivity index (χ3v) is 4.20. The van der Waals surface area contributed by atoms with Crippen molar-refractivity contribution in [3.8, 4) is 0 Å². The molecule has 0 aliphatic rings. The van der Waals surface area contributed by atoms with Crippen molar-refractivity contribution in [2.24, 2.45) is 0 Å². The maximum Gasteiger partial charge on any atom is 0.341 e. The van der Waals surface area contributed by atoms with Crippen molar-refractivity contribution in [1.82, 2.24) is 5.32 Å². The molecule has 0 aliphatic carbocycles. The zero-order valence-corrected chi connectivity index (χ0v) is 13.0. The van der Waals surface area contributed by atoms with Crippen LogP contribution in [0, 0.1) is 0 Å². The Morgan fingerprint density at radius 3 is 2.55 bits per heavy atom. The second kappa shape index (κ2) is 8.05. The Hall–Kier alpha value is -1.73. The SMILES string of the molecule is CNC(C[C@H](O)c1cccs1)OC(=O)[C@@H](O)c1ccccc1. The van der Waals surface area contributed by atoms with E-state index in [1.165, 1.54) is 11.3 Å². The largest absolute Gasteiger partial charge is 0.444 e. The molecule has 1 unspecified atom stereocenters. The molecule has 0 radical (unpaired) electrons. The number of nitrogens with one attached hydrogen (secondary N) is 1. The summed E-state index contributed by atoms with van der Waals surface area (Å²) >= 11 is 1.44. The first kappa shape index (κ1) is 16.6. The van der Waals surface area contributed by atoms with E-state index in [4.69, 9.17) is 4.74 Å². The maximum atomic E-state index is 12.0. The lowest BCUT2D eigenvalue weighted by molar-refractivity contribution is -0.162. The highest BCUT2D eigenvalue weighted by Crippen LogP contribution is 2.24. The minimum absolute atomic E-state index is 0.213. The Morgan fingerprint density at radius 1 is 1.23 bits per heavy atom. The van der Waals surface area contributed by atoms with Gasteiger partial charge in [-0.3, -0.25) is 5.32 Å². The van der Waals surface area contributed by atoms with Gasteiger partial charge in [0, 0.05) is 11.3 Å². The van der Waals surface area contributed by atoms with E-state index in [9.17, 15) is 15.0 Å². The molecule has 0 spiro atoms. The highest BCUT2D eigenvalue weighted by molar-refractivity contribution is 7.10. The Labute approximate surface area is 133 Å². The standard InChI is InChI=1S/C16H19NO4S/c1-17-14(10-12(18)13-8-5-9-22-13)21-16(20)15(19)11-6-3-2-4-7-11/h2-9,12,14-15,17-19H,10H2,1H3/t12-,14?,15-/m0/s1. The van der Waals surface area contributed by atoms with E-state index in [0.29, 0.717) is 5.56 Å². The van der Waals surface area contributed by atoms with Gasteiger partial charge in [-0.1, -0.05) is 36.4 Å². The fourth-order valence-electron chi connectivity index (χ4n) is 2.00. The Morgan fingerprint density at radius 2 is 1.95 bits per heavy atom. The summed E-state index contributed by atoms with van der Waals surface area (Å²) in [5.41, 5.74) is 0.473. The molecule has 0 amide bonds. The molecule has 2 rings (SSSR count). The molecule has 1 heterocycles. The van der Waals surface area contributed by atoms with E-state index in [-0.39, 0.29) is 6.42 Å². The van der Waals surface area contributed by atoms with Crippen molar-refractivity contribution in [3.05, 3.63) is 58.3 Å². The monoisotopic (exact) mass is 321 g/mol. The maximum absolute atomic E-state index is 12.0. The van der Waals surface area contributed by atoms with E-state index in [1.54, 1.807) is 37.4 Å². The number of esters is 1. The van der Waals surface area contributed by atoms with Crippen molar-refractivity contribution < 1.29 is 19.7 Å². The molecule has 5 nitrogen and oxygen atoms in total. The predicted molar refractivity (Wildman–Crippen MR) is 84.2 cm³/mol. The van der Waals surface area contributed by atoms with Crippen molar-refractivity contribution in [2.45, 2.75) is 24.9 Å². The zero-order chi connectivity index (χ0) is 15.9. The molecule has 6 heteroatoms. The van der Waals surface area contributed by atoms with Gasteiger partial charge in [-0.2, -0.15) is 0 Å². The number of thiophene rings is 1. The molecule has 22 heavy (non-hydrogen) atoms. The van der Waals surface area contributed by atoms with Crippen LogP contribution < -0.4 is 5.32 Å². The third kappa shape index (κ3) is 4.38. The van der Waals surface area contributed by atoms with Crippen molar-refractivity contribution >= 4 is 17.3 Å². The van der Waals surface area contributed by atoms with Gasteiger partial charge >= 0.3 is 5.97 Å². The molecule has 2 aromatic rings. The zero-order valence-electron chi connectivity index (χ0n) is 12.2. The Bertz CT molecular complexity index is 573.